The predicted molar refractivity (Wildman–Crippen MR) is 73.1 cm³/mol. The molecule has 0 aliphatic carbocycles. The lowest BCUT2D eigenvalue weighted by Gasteiger charge is -2.28. The van der Waals surface area contributed by atoms with Crippen LogP contribution in [0.15, 0.2) is 18.2 Å². The van der Waals surface area contributed by atoms with Gasteiger partial charge in [-0.25, -0.2) is 0 Å². The van der Waals surface area contributed by atoms with Crippen molar-refractivity contribution in [2.45, 2.75) is 44.4 Å². The minimum atomic E-state index is 0.779. The van der Waals surface area contributed by atoms with Crippen LogP contribution in [0.4, 0.5) is 5.69 Å². The van der Waals surface area contributed by atoms with Crippen LogP contribution < -0.4 is 5.73 Å². The zero-order valence-electron chi connectivity index (χ0n) is 10.8. The molecule has 3 heterocycles. The molecule has 2 saturated heterocycles. The van der Waals surface area contributed by atoms with Gasteiger partial charge in [-0.2, -0.15) is 0 Å². The van der Waals surface area contributed by atoms with Crippen LogP contribution >= 0.6 is 0 Å². The number of nitrogens with zero attached hydrogens (tertiary/aromatic N) is 2. The Morgan fingerprint density at radius 2 is 1.78 bits per heavy atom. The summed E-state index contributed by atoms with van der Waals surface area (Å²) in [5.74, 6) is 0. The molecule has 2 atom stereocenters. The molecule has 3 heteroatoms. The molecule has 4 rings (SSSR count). The first-order valence-corrected chi connectivity index (χ1v) is 7.16. The predicted octanol–water partition coefficient (Wildman–Crippen LogP) is 1.82. The summed E-state index contributed by atoms with van der Waals surface area (Å²) >= 11 is 0. The van der Waals surface area contributed by atoms with Crippen LogP contribution in [-0.4, -0.2) is 35.0 Å². The number of nitrogens with two attached hydrogens (primary N) is 1. The maximum absolute atomic E-state index is 5.89. The van der Waals surface area contributed by atoms with Crippen LogP contribution in [0.3, 0.4) is 0 Å². The second kappa shape index (κ2) is 3.97. The van der Waals surface area contributed by atoms with E-state index in [-0.39, 0.29) is 0 Å². The minimum absolute atomic E-state index is 0.779. The molecule has 0 bridgehead atoms. The van der Waals surface area contributed by atoms with E-state index in [1.165, 1.54) is 43.5 Å². The lowest BCUT2D eigenvalue weighted by Crippen LogP contribution is -2.39. The summed E-state index contributed by atoms with van der Waals surface area (Å²) < 4.78 is 0. The first kappa shape index (κ1) is 10.8. The van der Waals surface area contributed by atoms with Crippen LogP contribution in [0.2, 0.25) is 0 Å². The highest BCUT2D eigenvalue weighted by Crippen LogP contribution is 2.36. The highest BCUT2D eigenvalue weighted by atomic mass is 15.3. The van der Waals surface area contributed by atoms with Gasteiger partial charge in [-0.3, -0.25) is 9.80 Å². The average Bonchev–Trinajstić information content (AvgIpc) is 3.00. The number of nitrogen functional groups attached to an aromatic ring is 1. The fourth-order valence-electron chi connectivity index (χ4n) is 4.16. The van der Waals surface area contributed by atoms with Crippen molar-refractivity contribution < 1.29 is 0 Å². The molecule has 1 aromatic carbocycles. The van der Waals surface area contributed by atoms with Gasteiger partial charge in [-0.05, 0) is 49.1 Å². The van der Waals surface area contributed by atoms with Crippen LogP contribution in [0.5, 0.6) is 0 Å². The van der Waals surface area contributed by atoms with Gasteiger partial charge < -0.3 is 5.73 Å². The molecular weight excluding hydrogens is 222 g/mol. The molecule has 96 valence electrons. The molecule has 0 aromatic heterocycles. The standard InChI is InChI=1S/C15H21N3/c16-13-4-3-11-9-18(10-12(11)8-13)15-5-7-17-6-1-2-14(15)17/h3-4,8,14-15H,1-2,5-7,9-10,16H2. The van der Waals surface area contributed by atoms with Crippen molar-refractivity contribution >= 4 is 5.69 Å². The zero-order valence-corrected chi connectivity index (χ0v) is 10.8. The Morgan fingerprint density at radius 3 is 2.72 bits per heavy atom. The minimum Gasteiger partial charge on any atom is -0.399 e. The third kappa shape index (κ3) is 1.57. The van der Waals surface area contributed by atoms with Crippen molar-refractivity contribution in [2.24, 2.45) is 0 Å². The Labute approximate surface area is 109 Å². The number of hydrogen-bond donors (Lipinski definition) is 1. The van der Waals surface area contributed by atoms with Crippen molar-refractivity contribution in [1.29, 1.82) is 0 Å². The van der Waals surface area contributed by atoms with Gasteiger partial charge in [0.2, 0.25) is 0 Å². The van der Waals surface area contributed by atoms with E-state index in [0.29, 0.717) is 0 Å². The topological polar surface area (TPSA) is 32.5 Å². The fraction of sp³-hybridized carbons (Fsp3) is 0.600. The van der Waals surface area contributed by atoms with Gasteiger partial charge in [0.25, 0.3) is 0 Å². The molecule has 3 aliphatic heterocycles. The number of benzene rings is 1. The monoisotopic (exact) mass is 243 g/mol. The van der Waals surface area contributed by atoms with Gasteiger partial charge in [0.1, 0.15) is 0 Å². The van der Waals surface area contributed by atoms with E-state index in [1.54, 1.807) is 0 Å². The highest BCUT2D eigenvalue weighted by molar-refractivity contribution is 5.46. The van der Waals surface area contributed by atoms with Gasteiger partial charge in [0.15, 0.2) is 0 Å². The third-order valence-electron chi connectivity index (χ3n) is 5.02. The maximum Gasteiger partial charge on any atom is 0.0317 e. The van der Waals surface area contributed by atoms with Crippen molar-refractivity contribution in [3.8, 4) is 0 Å². The zero-order chi connectivity index (χ0) is 12.1. The summed E-state index contributed by atoms with van der Waals surface area (Å²) in [5.41, 5.74) is 9.73. The highest BCUT2D eigenvalue weighted by Gasteiger charge is 2.41. The Balaban J connectivity index is 1.55. The number of anilines is 1. The SMILES string of the molecule is Nc1ccc2c(c1)CN(C1CCN3CCCC13)C2. The number of fused-ring (bicyclic) bond motifs is 2. The summed E-state index contributed by atoms with van der Waals surface area (Å²) in [5, 5.41) is 0. The van der Waals surface area contributed by atoms with E-state index >= 15 is 0 Å². The molecule has 18 heavy (non-hydrogen) atoms. The first-order chi connectivity index (χ1) is 8.81. The Bertz CT molecular complexity index is 471. The molecule has 0 amide bonds. The van der Waals surface area contributed by atoms with E-state index in [4.69, 9.17) is 5.73 Å². The Morgan fingerprint density at radius 1 is 0.944 bits per heavy atom. The largest absolute Gasteiger partial charge is 0.399 e. The summed E-state index contributed by atoms with van der Waals surface area (Å²) in [6.07, 6.45) is 4.16. The Hall–Kier alpha value is -1.06. The first-order valence-electron chi connectivity index (χ1n) is 7.16. The van der Waals surface area contributed by atoms with Gasteiger partial charge in [-0.15, -0.1) is 0 Å². The van der Waals surface area contributed by atoms with Crippen molar-refractivity contribution in [3.05, 3.63) is 29.3 Å². The number of hydrogen-bond acceptors (Lipinski definition) is 3. The molecular formula is C15H21N3. The Kier molecular flexibility index (Phi) is 2.39. The average molecular weight is 243 g/mol. The fourth-order valence-corrected chi connectivity index (χ4v) is 4.16. The van der Waals surface area contributed by atoms with E-state index in [1.807, 2.05) is 6.07 Å². The molecule has 3 aliphatic rings. The summed E-state index contributed by atoms with van der Waals surface area (Å²) in [6, 6.07) is 8.03. The van der Waals surface area contributed by atoms with E-state index in [9.17, 15) is 0 Å². The summed E-state index contributed by atoms with van der Waals surface area (Å²) in [7, 11) is 0. The lowest BCUT2D eigenvalue weighted by molar-refractivity contribution is 0.160. The van der Waals surface area contributed by atoms with Crippen LogP contribution in [0.25, 0.3) is 0 Å². The van der Waals surface area contributed by atoms with E-state index in [2.05, 4.69) is 21.9 Å². The summed E-state index contributed by atoms with van der Waals surface area (Å²) in [4.78, 5) is 5.38. The summed E-state index contributed by atoms with van der Waals surface area (Å²) in [6.45, 7) is 4.87. The smallest absolute Gasteiger partial charge is 0.0317 e. The van der Waals surface area contributed by atoms with E-state index < -0.39 is 0 Å². The van der Waals surface area contributed by atoms with Gasteiger partial charge >= 0.3 is 0 Å². The van der Waals surface area contributed by atoms with Gasteiger partial charge in [-0.1, -0.05) is 6.07 Å². The van der Waals surface area contributed by atoms with E-state index in [0.717, 1.165) is 30.9 Å². The van der Waals surface area contributed by atoms with Crippen LogP contribution in [0.1, 0.15) is 30.4 Å². The molecule has 0 saturated carbocycles. The molecule has 3 nitrogen and oxygen atoms in total. The quantitative estimate of drug-likeness (QED) is 0.764. The van der Waals surface area contributed by atoms with Crippen molar-refractivity contribution in [3.63, 3.8) is 0 Å². The third-order valence-corrected chi connectivity index (χ3v) is 5.02. The second-order valence-corrected chi connectivity index (χ2v) is 6.03. The van der Waals surface area contributed by atoms with Crippen LogP contribution in [0, 0.1) is 0 Å². The molecule has 1 aromatic rings. The van der Waals surface area contributed by atoms with Gasteiger partial charge in [0, 0.05) is 37.4 Å². The molecule has 0 radical (unpaired) electrons. The lowest BCUT2D eigenvalue weighted by atomic mass is 10.1. The van der Waals surface area contributed by atoms with Crippen LogP contribution in [-0.2, 0) is 13.1 Å². The second-order valence-electron chi connectivity index (χ2n) is 6.03. The normalized spacial score (nSPS) is 31.8. The maximum atomic E-state index is 5.89. The van der Waals surface area contributed by atoms with Crippen molar-refractivity contribution in [1.82, 2.24) is 9.80 Å². The molecule has 2 unspecified atom stereocenters. The number of rotatable bonds is 1. The molecule has 0 spiro atoms. The molecule has 2 fully saturated rings. The molecule has 2 N–H and O–H groups in total. The van der Waals surface area contributed by atoms with Gasteiger partial charge in [0.05, 0.1) is 0 Å². The van der Waals surface area contributed by atoms with Crippen molar-refractivity contribution in [2.75, 3.05) is 18.8 Å².